The van der Waals surface area contributed by atoms with Gasteiger partial charge in [-0.25, -0.2) is 4.79 Å². The molecule has 0 amide bonds. The van der Waals surface area contributed by atoms with Crippen molar-refractivity contribution in [1.29, 1.82) is 0 Å². The zero-order valence-corrected chi connectivity index (χ0v) is 9.71. The highest BCUT2D eigenvalue weighted by Gasteiger charge is 2.12. The van der Waals surface area contributed by atoms with Crippen LogP contribution in [0, 0.1) is 5.92 Å². The average molecular weight is 211 g/mol. The fourth-order valence-electron chi connectivity index (χ4n) is 1.98. The third-order valence-corrected chi connectivity index (χ3v) is 2.93. The summed E-state index contributed by atoms with van der Waals surface area (Å²) in [5, 5.41) is 3.28. The normalized spacial score (nSPS) is 18.7. The number of hydrogen-bond acceptors (Lipinski definition) is 3. The first kappa shape index (κ1) is 12.1. The van der Waals surface area contributed by atoms with Gasteiger partial charge in [-0.1, -0.05) is 19.3 Å². The van der Waals surface area contributed by atoms with Crippen molar-refractivity contribution in [2.75, 3.05) is 13.7 Å². The molecule has 0 radical (unpaired) electrons. The summed E-state index contributed by atoms with van der Waals surface area (Å²) >= 11 is 0. The summed E-state index contributed by atoms with van der Waals surface area (Å²) < 4.78 is 4.56. The number of ether oxygens (including phenoxy) is 1. The predicted octanol–water partition coefficient (Wildman–Crippen LogP) is 2.23. The van der Waals surface area contributed by atoms with Gasteiger partial charge in [0.2, 0.25) is 0 Å². The Morgan fingerprint density at radius 2 is 2.07 bits per heavy atom. The lowest BCUT2D eigenvalue weighted by Gasteiger charge is -2.22. The van der Waals surface area contributed by atoms with Gasteiger partial charge in [0.1, 0.15) is 0 Å². The van der Waals surface area contributed by atoms with Crippen LogP contribution in [-0.2, 0) is 9.53 Å². The number of carbonyl (C=O) groups excluding carboxylic acids is 1. The molecule has 1 saturated carbocycles. The van der Waals surface area contributed by atoms with Crippen molar-refractivity contribution >= 4 is 5.97 Å². The second-order valence-corrected chi connectivity index (χ2v) is 4.24. The number of nitrogens with one attached hydrogen (secondary N) is 1. The predicted molar refractivity (Wildman–Crippen MR) is 60.4 cm³/mol. The third-order valence-electron chi connectivity index (χ3n) is 2.93. The van der Waals surface area contributed by atoms with Crippen LogP contribution in [0.4, 0.5) is 0 Å². The Labute approximate surface area is 91.9 Å². The molecule has 3 nitrogen and oxygen atoms in total. The molecule has 1 aliphatic rings. The highest BCUT2D eigenvalue weighted by atomic mass is 16.5. The van der Waals surface area contributed by atoms with Gasteiger partial charge in [-0.3, -0.25) is 0 Å². The van der Waals surface area contributed by atoms with E-state index in [1.54, 1.807) is 0 Å². The minimum atomic E-state index is -0.288. The molecule has 3 heteroatoms. The van der Waals surface area contributed by atoms with Crippen molar-refractivity contribution in [1.82, 2.24) is 5.32 Å². The van der Waals surface area contributed by atoms with Crippen LogP contribution >= 0.6 is 0 Å². The molecule has 0 saturated heterocycles. The lowest BCUT2D eigenvalue weighted by molar-refractivity contribution is -0.134. The van der Waals surface area contributed by atoms with Crippen LogP contribution in [0.2, 0.25) is 0 Å². The molecule has 0 aromatic carbocycles. The molecule has 0 spiro atoms. The van der Waals surface area contributed by atoms with Crippen LogP contribution < -0.4 is 5.32 Å². The van der Waals surface area contributed by atoms with Crippen molar-refractivity contribution in [3.63, 3.8) is 0 Å². The Kier molecular flexibility index (Phi) is 5.22. The molecule has 0 aromatic heterocycles. The van der Waals surface area contributed by atoms with Gasteiger partial charge in [-0.2, -0.15) is 0 Å². The molecule has 0 aliphatic heterocycles. The molecule has 86 valence electrons. The van der Waals surface area contributed by atoms with Gasteiger partial charge in [0.15, 0.2) is 0 Å². The molecular weight excluding hydrogens is 190 g/mol. The van der Waals surface area contributed by atoms with Gasteiger partial charge in [-0.05, 0) is 25.7 Å². The van der Waals surface area contributed by atoms with Crippen LogP contribution in [0.15, 0.2) is 11.8 Å². The molecule has 1 N–H and O–H groups in total. The Morgan fingerprint density at radius 3 is 2.67 bits per heavy atom. The maximum Gasteiger partial charge on any atom is 0.332 e. The molecule has 1 aliphatic carbocycles. The van der Waals surface area contributed by atoms with E-state index in [1.165, 1.54) is 45.3 Å². The van der Waals surface area contributed by atoms with E-state index in [0.29, 0.717) is 0 Å². The van der Waals surface area contributed by atoms with E-state index in [2.05, 4.69) is 10.1 Å². The van der Waals surface area contributed by atoms with E-state index in [4.69, 9.17) is 0 Å². The molecular formula is C12H21NO2. The number of methoxy groups -OCH3 is 1. The maximum atomic E-state index is 10.9. The first-order chi connectivity index (χ1) is 7.22. The van der Waals surface area contributed by atoms with Gasteiger partial charge in [0.25, 0.3) is 0 Å². The quantitative estimate of drug-likeness (QED) is 0.572. The third kappa shape index (κ3) is 4.86. The summed E-state index contributed by atoms with van der Waals surface area (Å²) in [4.78, 5) is 10.9. The summed E-state index contributed by atoms with van der Waals surface area (Å²) in [6.45, 7) is 2.89. The standard InChI is InChI=1S/C12H21NO2/c1-10(8-12(14)15-2)13-9-11-6-4-3-5-7-11/h8,11,13H,3-7,9H2,1-2H3/b10-8-. The van der Waals surface area contributed by atoms with Crippen LogP contribution in [0.1, 0.15) is 39.0 Å². The first-order valence-electron chi connectivity index (χ1n) is 5.72. The van der Waals surface area contributed by atoms with Crippen LogP contribution in [-0.4, -0.2) is 19.6 Å². The monoisotopic (exact) mass is 211 g/mol. The fraction of sp³-hybridized carbons (Fsp3) is 0.750. The smallest absolute Gasteiger partial charge is 0.332 e. The minimum absolute atomic E-state index is 0.288. The summed E-state index contributed by atoms with van der Waals surface area (Å²) in [6.07, 6.45) is 8.23. The number of esters is 1. The molecule has 0 aromatic rings. The largest absolute Gasteiger partial charge is 0.466 e. The lowest BCUT2D eigenvalue weighted by Crippen LogP contribution is -2.23. The summed E-state index contributed by atoms with van der Waals surface area (Å²) in [5.41, 5.74) is 0.896. The van der Waals surface area contributed by atoms with Crippen molar-refractivity contribution < 1.29 is 9.53 Å². The minimum Gasteiger partial charge on any atom is -0.466 e. The Hall–Kier alpha value is -0.990. The van der Waals surface area contributed by atoms with Crippen LogP contribution in [0.5, 0.6) is 0 Å². The molecule has 1 fully saturated rings. The topological polar surface area (TPSA) is 38.3 Å². The molecule has 0 heterocycles. The van der Waals surface area contributed by atoms with Crippen molar-refractivity contribution in [3.8, 4) is 0 Å². The zero-order valence-electron chi connectivity index (χ0n) is 9.71. The molecule has 1 rings (SSSR count). The first-order valence-corrected chi connectivity index (χ1v) is 5.72. The van der Waals surface area contributed by atoms with Crippen LogP contribution in [0.3, 0.4) is 0 Å². The fourth-order valence-corrected chi connectivity index (χ4v) is 1.98. The number of hydrogen-bond donors (Lipinski definition) is 1. The number of carbonyl (C=O) groups is 1. The van der Waals surface area contributed by atoms with E-state index < -0.39 is 0 Å². The Bertz CT molecular complexity index is 230. The summed E-state index contributed by atoms with van der Waals surface area (Å²) in [7, 11) is 1.40. The van der Waals surface area contributed by atoms with Crippen molar-refractivity contribution in [2.45, 2.75) is 39.0 Å². The van der Waals surface area contributed by atoms with E-state index in [9.17, 15) is 4.79 Å². The average Bonchev–Trinajstić information content (AvgIpc) is 2.27. The maximum absolute atomic E-state index is 10.9. The Balaban J connectivity index is 2.23. The van der Waals surface area contributed by atoms with Crippen LogP contribution in [0.25, 0.3) is 0 Å². The highest BCUT2D eigenvalue weighted by molar-refractivity contribution is 5.82. The lowest BCUT2D eigenvalue weighted by atomic mass is 9.89. The van der Waals surface area contributed by atoms with Gasteiger partial charge in [0, 0.05) is 18.3 Å². The van der Waals surface area contributed by atoms with Gasteiger partial charge in [0.05, 0.1) is 7.11 Å². The van der Waals surface area contributed by atoms with E-state index in [0.717, 1.165) is 18.2 Å². The molecule has 0 atom stereocenters. The van der Waals surface area contributed by atoms with Crippen molar-refractivity contribution in [2.24, 2.45) is 5.92 Å². The highest BCUT2D eigenvalue weighted by Crippen LogP contribution is 2.22. The number of allylic oxidation sites excluding steroid dienone is 1. The molecule has 15 heavy (non-hydrogen) atoms. The summed E-state index contributed by atoms with van der Waals surface area (Å²) in [5.74, 6) is 0.489. The van der Waals surface area contributed by atoms with E-state index in [-0.39, 0.29) is 5.97 Å². The van der Waals surface area contributed by atoms with E-state index >= 15 is 0 Å². The van der Waals surface area contributed by atoms with Gasteiger partial charge in [-0.15, -0.1) is 0 Å². The van der Waals surface area contributed by atoms with Gasteiger partial charge >= 0.3 is 5.97 Å². The second-order valence-electron chi connectivity index (χ2n) is 4.24. The van der Waals surface area contributed by atoms with Gasteiger partial charge < -0.3 is 10.1 Å². The van der Waals surface area contributed by atoms with E-state index in [1.807, 2.05) is 6.92 Å². The second kappa shape index (κ2) is 6.49. The number of rotatable bonds is 4. The zero-order chi connectivity index (χ0) is 11.1. The SMILES string of the molecule is COC(=O)/C=C(/C)NCC1CCCCC1. The summed E-state index contributed by atoms with van der Waals surface area (Å²) in [6, 6.07) is 0. The van der Waals surface area contributed by atoms with Crippen molar-refractivity contribution in [3.05, 3.63) is 11.8 Å². The molecule has 0 unspecified atom stereocenters. The Morgan fingerprint density at radius 1 is 1.40 bits per heavy atom. The molecule has 0 bridgehead atoms.